The van der Waals surface area contributed by atoms with Gasteiger partial charge in [0.15, 0.2) is 0 Å². The van der Waals surface area contributed by atoms with Gasteiger partial charge in [-0.1, -0.05) is 26.7 Å². The molecule has 0 saturated heterocycles. The summed E-state index contributed by atoms with van der Waals surface area (Å²) in [5.41, 5.74) is 0.560. The van der Waals surface area contributed by atoms with E-state index >= 15 is 0 Å². The van der Waals surface area contributed by atoms with Crippen molar-refractivity contribution in [1.82, 2.24) is 15.1 Å². The van der Waals surface area contributed by atoms with Crippen molar-refractivity contribution in [3.05, 3.63) is 24.5 Å². The van der Waals surface area contributed by atoms with Crippen LogP contribution in [0.2, 0.25) is 0 Å². The zero-order valence-electron chi connectivity index (χ0n) is 14.9. The highest BCUT2D eigenvalue weighted by Crippen LogP contribution is 2.20. The second-order valence-corrected chi connectivity index (χ2v) is 5.41. The van der Waals surface area contributed by atoms with E-state index in [2.05, 4.69) is 15.1 Å². The molecular formula is C17H22N4O5. The standard InChI is InChI=1S/C17H22N4O5/c1-3-5-10-24-16(22)21(17(23)25-11-6-4-2)15-19-14(26-20-15)13-8-7-9-18-12-13/h7-9,12H,3-6,10-11H2,1-2H3. The number of pyridine rings is 1. The molecule has 26 heavy (non-hydrogen) atoms. The van der Waals surface area contributed by atoms with Gasteiger partial charge in [0.25, 0.3) is 11.8 Å². The SMILES string of the molecule is CCCCOC(=O)N(C(=O)OCCCC)c1noc(-c2cccnc2)n1. The van der Waals surface area contributed by atoms with E-state index in [0.29, 0.717) is 23.3 Å². The quantitative estimate of drug-likeness (QED) is 0.652. The topological polar surface area (TPSA) is 108 Å². The van der Waals surface area contributed by atoms with Gasteiger partial charge < -0.3 is 14.0 Å². The third-order valence-corrected chi connectivity index (χ3v) is 3.34. The number of hydrogen-bond donors (Lipinski definition) is 0. The van der Waals surface area contributed by atoms with Crippen LogP contribution in [0.4, 0.5) is 15.5 Å². The zero-order valence-corrected chi connectivity index (χ0v) is 14.9. The van der Waals surface area contributed by atoms with Gasteiger partial charge in [0.2, 0.25) is 0 Å². The van der Waals surface area contributed by atoms with Gasteiger partial charge in [-0.05, 0) is 30.1 Å². The number of hydrogen-bond acceptors (Lipinski definition) is 8. The Bertz CT molecular complexity index is 682. The first-order valence-electron chi connectivity index (χ1n) is 8.55. The van der Waals surface area contributed by atoms with Crippen LogP contribution < -0.4 is 4.90 Å². The molecule has 140 valence electrons. The normalized spacial score (nSPS) is 10.4. The van der Waals surface area contributed by atoms with Crippen LogP contribution in [-0.4, -0.2) is 40.5 Å². The second kappa shape index (κ2) is 10.1. The van der Waals surface area contributed by atoms with Crippen LogP contribution in [0.3, 0.4) is 0 Å². The molecule has 0 spiro atoms. The van der Waals surface area contributed by atoms with Crippen molar-refractivity contribution in [2.24, 2.45) is 0 Å². The van der Waals surface area contributed by atoms with Gasteiger partial charge in [0.1, 0.15) is 0 Å². The highest BCUT2D eigenvalue weighted by atomic mass is 16.6. The molecule has 0 bridgehead atoms. The third-order valence-electron chi connectivity index (χ3n) is 3.34. The van der Waals surface area contributed by atoms with Crippen LogP contribution in [0.1, 0.15) is 39.5 Å². The van der Waals surface area contributed by atoms with Crippen molar-refractivity contribution in [3.63, 3.8) is 0 Å². The number of aromatic nitrogens is 3. The number of amides is 2. The first kappa shape index (κ1) is 19.4. The maximum absolute atomic E-state index is 12.3. The maximum atomic E-state index is 12.3. The summed E-state index contributed by atoms with van der Waals surface area (Å²) in [6.45, 7) is 4.29. The predicted octanol–water partition coefficient (Wildman–Crippen LogP) is 3.81. The van der Waals surface area contributed by atoms with E-state index in [1.54, 1.807) is 18.3 Å². The molecule has 2 amide bonds. The van der Waals surface area contributed by atoms with E-state index in [4.69, 9.17) is 14.0 Å². The number of carbonyl (C=O) groups is 2. The molecule has 9 heteroatoms. The molecule has 0 saturated carbocycles. The average molecular weight is 362 g/mol. The van der Waals surface area contributed by atoms with Crippen LogP contribution in [0.15, 0.2) is 29.0 Å². The Morgan fingerprint density at radius 2 is 1.77 bits per heavy atom. The molecule has 0 atom stereocenters. The average Bonchev–Trinajstić information content (AvgIpc) is 3.13. The Morgan fingerprint density at radius 3 is 2.31 bits per heavy atom. The Balaban J connectivity index is 2.18. The van der Waals surface area contributed by atoms with Crippen molar-refractivity contribution < 1.29 is 23.6 Å². The molecule has 0 radical (unpaired) electrons. The molecular weight excluding hydrogens is 340 g/mol. The molecule has 0 aliphatic carbocycles. The number of anilines is 1. The fourth-order valence-corrected chi connectivity index (χ4v) is 1.89. The van der Waals surface area contributed by atoms with Crippen molar-refractivity contribution in [1.29, 1.82) is 0 Å². The minimum absolute atomic E-state index is 0.126. The van der Waals surface area contributed by atoms with Gasteiger partial charge in [-0.25, -0.2) is 9.59 Å². The Morgan fingerprint density at radius 1 is 1.12 bits per heavy atom. The summed E-state index contributed by atoms with van der Waals surface area (Å²) in [5.74, 6) is -0.118. The van der Waals surface area contributed by atoms with Crippen LogP contribution in [0, 0.1) is 0 Å². The van der Waals surface area contributed by atoms with E-state index in [9.17, 15) is 9.59 Å². The predicted molar refractivity (Wildman–Crippen MR) is 92.5 cm³/mol. The number of rotatable bonds is 8. The smallest absolute Gasteiger partial charge is 0.426 e. The molecule has 0 N–H and O–H groups in total. The molecule has 2 rings (SSSR count). The summed E-state index contributed by atoms with van der Waals surface area (Å²) in [7, 11) is 0. The molecule has 0 aromatic carbocycles. The van der Waals surface area contributed by atoms with Gasteiger partial charge in [0, 0.05) is 12.4 Å². The summed E-state index contributed by atoms with van der Waals surface area (Å²) in [4.78, 5) is 33.3. The maximum Gasteiger partial charge on any atom is 0.426 e. The van der Waals surface area contributed by atoms with E-state index in [0.717, 1.165) is 12.8 Å². The lowest BCUT2D eigenvalue weighted by molar-refractivity contribution is 0.132. The summed E-state index contributed by atoms with van der Waals surface area (Å²) < 4.78 is 15.3. The molecule has 0 fully saturated rings. The van der Waals surface area contributed by atoms with Gasteiger partial charge in [-0.2, -0.15) is 4.98 Å². The number of carbonyl (C=O) groups excluding carboxylic acids is 2. The van der Waals surface area contributed by atoms with Crippen LogP contribution in [0.5, 0.6) is 0 Å². The van der Waals surface area contributed by atoms with Crippen LogP contribution in [-0.2, 0) is 9.47 Å². The third kappa shape index (κ3) is 5.27. The van der Waals surface area contributed by atoms with Crippen molar-refractivity contribution in [2.75, 3.05) is 18.1 Å². The van der Waals surface area contributed by atoms with E-state index in [1.807, 2.05) is 13.8 Å². The lowest BCUT2D eigenvalue weighted by Crippen LogP contribution is -2.39. The lowest BCUT2D eigenvalue weighted by atomic mass is 10.3. The number of unbranched alkanes of at least 4 members (excludes halogenated alkanes) is 2. The molecule has 0 aliphatic heterocycles. The molecule has 2 heterocycles. The summed E-state index contributed by atoms with van der Waals surface area (Å²) in [6.07, 6.45) is 4.37. The molecule has 9 nitrogen and oxygen atoms in total. The number of ether oxygens (including phenoxy) is 2. The lowest BCUT2D eigenvalue weighted by Gasteiger charge is -2.16. The second-order valence-electron chi connectivity index (χ2n) is 5.41. The molecule has 2 aromatic heterocycles. The van der Waals surface area contributed by atoms with Crippen molar-refractivity contribution in [3.8, 4) is 11.5 Å². The highest BCUT2D eigenvalue weighted by Gasteiger charge is 2.31. The fourth-order valence-electron chi connectivity index (χ4n) is 1.89. The van der Waals surface area contributed by atoms with Gasteiger partial charge >= 0.3 is 12.2 Å². The monoisotopic (exact) mass is 362 g/mol. The Hall–Kier alpha value is -2.97. The minimum Gasteiger partial charge on any atom is -0.449 e. The summed E-state index contributed by atoms with van der Waals surface area (Å²) >= 11 is 0. The van der Waals surface area contributed by atoms with E-state index in [1.165, 1.54) is 6.20 Å². The molecule has 0 unspecified atom stereocenters. The summed E-state index contributed by atoms with van der Waals surface area (Å²) in [5, 5.41) is 3.70. The van der Waals surface area contributed by atoms with E-state index < -0.39 is 12.2 Å². The van der Waals surface area contributed by atoms with Gasteiger partial charge in [-0.15, -0.1) is 4.90 Å². The number of imide groups is 1. The Kier molecular flexibility index (Phi) is 7.53. The zero-order chi connectivity index (χ0) is 18.8. The largest absolute Gasteiger partial charge is 0.449 e. The van der Waals surface area contributed by atoms with Crippen LogP contribution >= 0.6 is 0 Å². The summed E-state index contributed by atoms with van der Waals surface area (Å²) in [6, 6.07) is 3.42. The minimum atomic E-state index is -0.904. The Labute approximate surface area is 151 Å². The molecule has 0 aliphatic rings. The first-order valence-corrected chi connectivity index (χ1v) is 8.55. The van der Waals surface area contributed by atoms with E-state index in [-0.39, 0.29) is 25.1 Å². The van der Waals surface area contributed by atoms with Gasteiger partial charge in [-0.3, -0.25) is 4.98 Å². The highest BCUT2D eigenvalue weighted by molar-refractivity contribution is 6.07. The first-order chi connectivity index (χ1) is 12.7. The molecule has 2 aromatic rings. The van der Waals surface area contributed by atoms with Crippen molar-refractivity contribution >= 4 is 18.1 Å². The van der Waals surface area contributed by atoms with Crippen LogP contribution in [0.25, 0.3) is 11.5 Å². The van der Waals surface area contributed by atoms with Crippen molar-refractivity contribution in [2.45, 2.75) is 39.5 Å². The van der Waals surface area contributed by atoms with Gasteiger partial charge in [0.05, 0.1) is 18.8 Å². The fraction of sp³-hybridized carbons (Fsp3) is 0.471. The number of nitrogens with zero attached hydrogens (tertiary/aromatic N) is 4.